The average Bonchev–Trinajstić information content (AvgIpc) is 2.75. The van der Waals surface area contributed by atoms with Crippen molar-refractivity contribution in [2.75, 3.05) is 26.9 Å². The largest absolute Gasteiger partial charge is 0.496 e. The van der Waals surface area contributed by atoms with Gasteiger partial charge >= 0.3 is 5.97 Å². The number of para-hydroxylation sites is 1. The first-order valence-electron chi connectivity index (χ1n) is 9.64. The summed E-state index contributed by atoms with van der Waals surface area (Å²) in [7, 11) is 1.56. The SMILES string of the molecule is CCCOc1c(Cl)cc(C(=O)OCC(=O)NCc2ccccc2OC)cc1OCC. The normalized spacial score (nSPS) is 10.3. The monoisotopic (exact) mass is 435 g/mol. The fourth-order valence-electron chi connectivity index (χ4n) is 2.60. The van der Waals surface area contributed by atoms with Gasteiger partial charge in [0.05, 0.1) is 30.9 Å². The number of hydrogen-bond donors (Lipinski definition) is 1. The molecule has 8 heteroatoms. The van der Waals surface area contributed by atoms with Gasteiger partial charge in [0.25, 0.3) is 5.91 Å². The third-order valence-electron chi connectivity index (χ3n) is 4.00. The zero-order valence-corrected chi connectivity index (χ0v) is 18.1. The van der Waals surface area contributed by atoms with E-state index in [1.54, 1.807) is 13.2 Å². The minimum absolute atomic E-state index is 0.171. The van der Waals surface area contributed by atoms with Gasteiger partial charge in [-0.05, 0) is 31.5 Å². The highest BCUT2D eigenvalue weighted by Gasteiger charge is 2.18. The van der Waals surface area contributed by atoms with Gasteiger partial charge in [0.1, 0.15) is 5.75 Å². The molecule has 162 valence electrons. The number of rotatable bonds is 11. The number of amides is 1. The van der Waals surface area contributed by atoms with Crippen LogP contribution in [0, 0.1) is 0 Å². The number of carbonyl (C=O) groups is 2. The Balaban J connectivity index is 1.97. The second-order valence-corrected chi connectivity index (χ2v) is 6.64. The van der Waals surface area contributed by atoms with Gasteiger partial charge in [-0.25, -0.2) is 4.79 Å². The third-order valence-corrected chi connectivity index (χ3v) is 4.28. The summed E-state index contributed by atoms with van der Waals surface area (Å²) in [6.07, 6.45) is 0.801. The number of hydrogen-bond acceptors (Lipinski definition) is 6. The van der Waals surface area contributed by atoms with Gasteiger partial charge in [0, 0.05) is 12.1 Å². The zero-order chi connectivity index (χ0) is 21.9. The lowest BCUT2D eigenvalue weighted by Gasteiger charge is -2.14. The molecule has 2 aromatic carbocycles. The minimum atomic E-state index is -0.688. The van der Waals surface area contributed by atoms with Crippen molar-refractivity contribution in [3.8, 4) is 17.2 Å². The van der Waals surface area contributed by atoms with Crippen LogP contribution in [0.2, 0.25) is 5.02 Å². The van der Waals surface area contributed by atoms with Crippen LogP contribution in [-0.4, -0.2) is 38.8 Å². The molecule has 1 amide bonds. The van der Waals surface area contributed by atoms with Gasteiger partial charge in [0.2, 0.25) is 0 Å². The lowest BCUT2D eigenvalue weighted by Crippen LogP contribution is -2.28. The Kier molecular flexibility index (Phi) is 9.28. The summed E-state index contributed by atoms with van der Waals surface area (Å²) in [5, 5.41) is 2.93. The van der Waals surface area contributed by atoms with Crippen molar-refractivity contribution in [2.45, 2.75) is 26.8 Å². The van der Waals surface area contributed by atoms with Crippen LogP contribution in [0.15, 0.2) is 36.4 Å². The smallest absolute Gasteiger partial charge is 0.338 e. The highest BCUT2D eigenvalue weighted by molar-refractivity contribution is 6.32. The highest BCUT2D eigenvalue weighted by Crippen LogP contribution is 2.37. The molecule has 0 spiro atoms. The molecule has 7 nitrogen and oxygen atoms in total. The molecular weight excluding hydrogens is 410 g/mol. The van der Waals surface area contributed by atoms with Gasteiger partial charge in [-0.1, -0.05) is 36.7 Å². The zero-order valence-electron chi connectivity index (χ0n) is 17.3. The Morgan fingerprint density at radius 2 is 1.83 bits per heavy atom. The second kappa shape index (κ2) is 11.9. The summed E-state index contributed by atoms with van der Waals surface area (Å²) < 4.78 is 21.5. The van der Waals surface area contributed by atoms with Crippen molar-refractivity contribution in [3.05, 3.63) is 52.5 Å². The molecule has 0 unspecified atom stereocenters. The predicted octanol–water partition coefficient (Wildman–Crippen LogP) is 4.01. The second-order valence-electron chi connectivity index (χ2n) is 6.23. The van der Waals surface area contributed by atoms with Crippen LogP contribution in [0.3, 0.4) is 0 Å². The maximum atomic E-state index is 12.4. The van der Waals surface area contributed by atoms with Crippen LogP contribution in [-0.2, 0) is 16.1 Å². The first-order valence-corrected chi connectivity index (χ1v) is 10.0. The van der Waals surface area contributed by atoms with Crippen molar-refractivity contribution in [2.24, 2.45) is 0 Å². The molecule has 0 aliphatic heterocycles. The quantitative estimate of drug-likeness (QED) is 0.537. The van der Waals surface area contributed by atoms with E-state index in [-0.39, 0.29) is 17.1 Å². The molecule has 0 heterocycles. The maximum Gasteiger partial charge on any atom is 0.338 e. The van der Waals surface area contributed by atoms with E-state index in [9.17, 15) is 9.59 Å². The molecule has 0 radical (unpaired) electrons. The minimum Gasteiger partial charge on any atom is -0.496 e. The third kappa shape index (κ3) is 6.56. The van der Waals surface area contributed by atoms with E-state index in [0.29, 0.717) is 30.5 Å². The molecule has 1 N–H and O–H groups in total. The van der Waals surface area contributed by atoms with Gasteiger partial charge < -0.3 is 24.3 Å². The molecule has 0 aliphatic carbocycles. The molecule has 2 rings (SSSR count). The van der Waals surface area contributed by atoms with Gasteiger partial charge in [-0.15, -0.1) is 0 Å². The van der Waals surface area contributed by atoms with E-state index in [4.69, 9.17) is 30.5 Å². The van der Waals surface area contributed by atoms with Crippen molar-refractivity contribution in [3.63, 3.8) is 0 Å². The summed E-state index contributed by atoms with van der Waals surface area (Å²) in [6.45, 7) is 4.46. The average molecular weight is 436 g/mol. The molecule has 2 aromatic rings. The number of halogens is 1. The number of carbonyl (C=O) groups excluding carboxylic acids is 2. The number of nitrogens with one attached hydrogen (secondary N) is 1. The van der Waals surface area contributed by atoms with Crippen molar-refractivity contribution >= 4 is 23.5 Å². The summed E-state index contributed by atoms with van der Waals surface area (Å²) in [5.41, 5.74) is 0.986. The summed E-state index contributed by atoms with van der Waals surface area (Å²) in [5.74, 6) is 0.274. The summed E-state index contributed by atoms with van der Waals surface area (Å²) >= 11 is 6.26. The van der Waals surface area contributed by atoms with E-state index in [1.165, 1.54) is 12.1 Å². The standard InChI is InChI=1S/C22H26ClNO6/c1-4-10-29-21-17(23)11-16(12-19(21)28-5-2)22(26)30-14-20(25)24-13-15-8-6-7-9-18(15)27-3/h6-9,11-12H,4-5,10,13-14H2,1-3H3,(H,24,25). The van der Waals surface area contributed by atoms with Crippen LogP contribution in [0.4, 0.5) is 0 Å². The number of methoxy groups -OCH3 is 1. The fraction of sp³-hybridized carbons (Fsp3) is 0.364. The van der Waals surface area contributed by atoms with Gasteiger partial charge in [-0.2, -0.15) is 0 Å². The predicted molar refractivity (Wildman–Crippen MR) is 114 cm³/mol. The molecule has 0 saturated heterocycles. The molecule has 0 atom stereocenters. The Hall–Kier alpha value is -2.93. The lowest BCUT2D eigenvalue weighted by atomic mass is 10.2. The van der Waals surface area contributed by atoms with E-state index >= 15 is 0 Å². The van der Waals surface area contributed by atoms with E-state index in [0.717, 1.165) is 12.0 Å². The van der Waals surface area contributed by atoms with Gasteiger partial charge in [-0.3, -0.25) is 4.79 Å². The van der Waals surface area contributed by atoms with Crippen LogP contribution in [0.1, 0.15) is 36.2 Å². The van der Waals surface area contributed by atoms with Crippen LogP contribution < -0.4 is 19.5 Å². The molecule has 0 aromatic heterocycles. The van der Waals surface area contributed by atoms with E-state index < -0.39 is 18.5 Å². The first kappa shape index (κ1) is 23.3. The van der Waals surface area contributed by atoms with Crippen molar-refractivity contribution in [1.82, 2.24) is 5.32 Å². The number of ether oxygens (including phenoxy) is 4. The number of benzene rings is 2. The maximum absolute atomic E-state index is 12.4. The molecule has 0 bridgehead atoms. The molecule has 0 fully saturated rings. The Morgan fingerprint density at radius 3 is 2.53 bits per heavy atom. The fourth-order valence-corrected chi connectivity index (χ4v) is 2.87. The highest BCUT2D eigenvalue weighted by atomic mass is 35.5. The van der Waals surface area contributed by atoms with E-state index in [2.05, 4.69) is 5.32 Å². The van der Waals surface area contributed by atoms with Gasteiger partial charge in [0.15, 0.2) is 18.1 Å². The summed E-state index contributed by atoms with van der Waals surface area (Å²) in [6, 6.07) is 10.3. The van der Waals surface area contributed by atoms with Crippen LogP contribution in [0.5, 0.6) is 17.2 Å². The Labute approximate surface area is 181 Å². The van der Waals surface area contributed by atoms with E-state index in [1.807, 2.05) is 32.0 Å². The topological polar surface area (TPSA) is 83.1 Å². The first-order chi connectivity index (χ1) is 14.5. The Morgan fingerprint density at radius 1 is 1.07 bits per heavy atom. The Bertz CT molecular complexity index is 871. The summed E-state index contributed by atoms with van der Waals surface area (Å²) in [4.78, 5) is 24.4. The molecular formula is C22H26ClNO6. The number of esters is 1. The lowest BCUT2D eigenvalue weighted by molar-refractivity contribution is -0.124. The van der Waals surface area contributed by atoms with Crippen LogP contribution in [0.25, 0.3) is 0 Å². The van der Waals surface area contributed by atoms with Crippen molar-refractivity contribution < 1.29 is 28.5 Å². The molecule has 30 heavy (non-hydrogen) atoms. The van der Waals surface area contributed by atoms with Crippen LogP contribution >= 0.6 is 11.6 Å². The molecule has 0 saturated carbocycles. The molecule has 0 aliphatic rings. The van der Waals surface area contributed by atoms with Crippen molar-refractivity contribution in [1.29, 1.82) is 0 Å².